The number of aryl methyl sites for hydroxylation is 1. The summed E-state index contributed by atoms with van der Waals surface area (Å²) in [5.74, 6) is 2.45. The van der Waals surface area contributed by atoms with Crippen LogP contribution in [0.5, 0.6) is 5.88 Å². The van der Waals surface area contributed by atoms with Crippen molar-refractivity contribution in [3.63, 3.8) is 0 Å². The van der Waals surface area contributed by atoms with Crippen LogP contribution in [0.2, 0.25) is 0 Å². The summed E-state index contributed by atoms with van der Waals surface area (Å²) in [5, 5.41) is 0.956. The number of hydrogen-bond donors (Lipinski definition) is 0. The highest BCUT2D eigenvalue weighted by atomic mass is 16.5. The van der Waals surface area contributed by atoms with E-state index in [0.29, 0.717) is 5.88 Å². The van der Waals surface area contributed by atoms with Gasteiger partial charge in [0.1, 0.15) is 18.0 Å². The minimum absolute atomic E-state index is 0.0756. The molecule has 1 aromatic carbocycles. The number of aromatic nitrogens is 4. The summed E-state index contributed by atoms with van der Waals surface area (Å²) in [6, 6.07) is 8.28. The van der Waals surface area contributed by atoms with E-state index in [9.17, 15) is 0 Å². The normalized spacial score (nSPS) is 14.8. The van der Waals surface area contributed by atoms with Gasteiger partial charge in [-0.1, -0.05) is 0 Å². The monoisotopic (exact) mass is 364 g/mol. The number of ether oxygens (including phenoxy) is 1. The highest BCUT2D eigenvalue weighted by Gasteiger charge is 2.19. The van der Waals surface area contributed by atoms with Crippen LogP contribution in [-0.4, -0.2) is 52.2 Å². The van der Waals surface area contributed by atoms with E-state index in [2.05, 4.69) is 41.9 Å². The first-order chi connectivity index (χ1) is 13.1. The van der Waals surface area contributed by atoms with Crippen molar-refractivity contribution < 1.29 is 4.74 Å². The van der Waals surface area contributed by atoms with Crippen LogP contribution in [0.3, 0.4) is 0 Å². The Balaban J connectivity index is 1.53. The molecule has 1 fully saturated rings. The molecule has 4 rings (SSSR count). The van der Waals surface area contributed by atoms with Crippen LogP contribution < -0.4 is 14.5 Å². The largest absolute Gasteiger partial charge is 0.474 e. The second kappa shape index (κ2) is 7.34. The van der Waals surface area contributed by atoms with E-state index in [4.69, 9.17) is 4.74 Å². The molecule has 0 saturated carbocycles. The molecule has 3 heterocycles. The molecule has 140 valence electrons. The molecule has 27 heavy (non-hydrogen) atoms. The molecule has 1 aliphatic rings. The summed E-state index contributed by atoms with van der Waals surface area (Å²) < 4.78 is 5.86. The summed E-state index contributed by atoms with van der Waals surface area (Å²) >= 11 is 0. The van der Waals surface area contributed by atoms with Gasteiger partial charge in [0.05, 0.1) is 17.0 Å². The smallest absolute Gasteiger partial charge is 0.224 e. The average Bonchev–Trinajstić information content (AvgIpc) is 2.68. The van der Waals surface area contributed by atoms with Crippen molar-refractivity contribution in [2.45, 2.75) is 26.9 Å². The molecular weight excluding hydrogens is 340 g/mol. The average molecular weight is 364 g/mol. The Kier molecular flexibility index (Phi) is 4.75. The molecule has 2 aromatic heterocycles. The van der Waals surface area contributed by atoms with Crippen LogP contribution >= 0.6 is 0 Å². The fourth-order valence-corrected chi connectivity index (χ4v) is 3.35. The van der Waals surface area contributed by atoms with Gasteiger partial charge in [-0.05, 0) is 45.0 Å². The predicted molar refractivity (Wildman–Crippen MR) is 106 cm³/mol. The maximum absolute atomic E-state index is 5.86. The van der Waals surface area contributed by atoms with Gasteiger partial charge in [-0.3, -0.25) is 0 Å². The number of rotatable bonds is 4. The van der Waals surface area contributed by atoms with Crippen LogP contribution in [0.1, 0.15) is 19.7 Å². The maximum atomic E-state index is 5.86. The van der Waals surface area contributed by atoms with Crippen molar-refractivity contribution >= 4 is 22.4 Å². The second-order valence-electron chi connectivity index (χ2n) is 6.98. The van der Waals surface area contributed by atoms with Crippen LogP contribution in [0, 0.1) is 6.92 Å². The molecule has 0 aliphatic carbocycles. The fourth-order valence-electron chi connectivity index (χ4n) is 3.35. The number of anilines is 2. The van der Waals surface area contributed by atoms with E-state index in [0.717, 1.165) is 48.7 Å². The molecule has 0 radical (unpaired) electrons. The maximum Gasteiger partial charge on any atom is 0.224 e. The zero-order chi connectivity index (χ0) is 18.8. The molecular formula is C20H24N6O. The Morgan fingerprint density at radius 3 is 2.48 bits per heavy atom. The third-order valence-corrected chi connectivity index (χ3v) is 4.66. The van der Waals surface area contributed by atoms with Gasteiger partial charge in [0.15, 0.2) is 0 Å². The third kappa shape index (κ3) is 3.77. The molecule has 0 bridgehead atoms. The van der Waals surface area contributed by atoms with E-state index < -0.39 is 0 Å². The van der Waals surface area contributed by atoms with Gasteiger partial charge in [-0.2, -0.15) is 0 Å². The van der Waals surface area contributed by atoms with E-state index in [-0.39, 0.29) is 6.10 Å². The Hall–Kier alpha value is -2.96. The minimum Gasteiger partial charge on any atom is -0.474 e. The first-order valence-corrected chi connectivity index (χ1v) is 9.31. The predicted octanol–water partition coefficient (Wildman–Crippen LogP) is 2.84. The number of piperazine rings is 1. The van der Waals surface area contributed by atoms with Gasteiger partial charge >= 0.3 is 0 Å². The summed E-state index contributed by atoms with van der Waals surface area (Å²) in [6.07, 6.45) is 3.46. The lowest BCUT2D eigenvalue weighted by atomic mass is 10.2. The fraction of sp³-hybridized carbons (Fsp3) is 0.400. The Labute approximate surface area is 159 Å². The second-order valence-corrected chi connectivity index (χ2v) is 6.98. The number of hydrogen-bond acceptors (Lipinski definition) is 7. The van der Waals surface area contributed by atoms with Gasteiger partial charge < -0.3 is 14.5 Å². The van der Waals surface area contributed by atoms with Crippen molar-refractivity contribution in [1.29, 1.82) is 0 Å². The van der Waals surface area contributed by atoms with Crippen molar-refractivity contribution in [2.24, 2.45) is 0 Å². The summed E-state index contributed by atoms with van der Waals surface area (Å²) in [4.78, 5) is 22.1. The van der Waals surface area contributed by atoms with Crippen molar-refractivity contribution in [1.82, 2.24) is 19.9 Å². The first kappa shape index (κ1) is 17.5. The lowest BCUT2D eigenvalue weighted by molar-refractivity contribution is 0.235. The summed E-state index contributed by atoms with van der Waals surface area (Å²) in [5.41, 5.74) is 2.07. The van der Waals surface area contributed by atoms with E-state index in [1.807, 2.05) is 39.1 Å². The standard InChI is InChI=1S/C20H24N6O/c1-14(2)27-20-17-12-16(4-5-18(17)22-13-23-20)25-8-10-26(11-9-25)19-6-7-21-15(3)24-19/h4-7,12-14H,8-11H2,1-3H3. The minimum atomic E-state index is 0.0756. The molecule has 0 unspecified atom stereocenters. The van der Waals surface area contributed by atoms with E-state index in [1.165, 1.54) is 5.69 Å². The molecule has 0 N–H and O–H groups in total. The SMILES string of the molecule is Cc1nccc(N2CCN(c3ccc4ncnc(OC(C)C)c4c3)CC2)n1. The highest BCUT2D eigenvalue weighted by molar-refractivity contribution is 5.86. The zero-order valence-electron chi connectivity index (χ0n) is 16.0. The first-order valence-electron chi connectivity index (χ1n) is 9.31. The zero-order valence-corrected chi connectivity index (χ0v) is 16.0. The van der Waals surface area contributed by atoms with Gasteiger partial charge in [-0.15, -0.1) is 0 Å². The molecule has 7 heteroatoms. The molecule has 0 amide bonds. The van der Waals surface area contributed by atoms with Crippen LogP contribution in [-0.2, 0) is 0 Å². The van der Waals surface area contributed by atoms with E-state index >= 15 is 0 Å². The Morgan fingerprint density at radius 1 is 0.963 bits per heavy atom. The molecule has 3 aromatic rings. The van der Waals surface area contributed by atoms with Crippen molar-refractivity contribution in [3.8, 4) is 5.88 Å². The number of benzene rings is 1. The van der Waals surface area contributed by atoms with Crippen LogP contribution in [0.15, 0.2) is 36.8 Å². The highest BCUT2D eigenvalue weighted by Crippen LogP contribution is 2.28. The molecule has 1 saturated heterocycles. The quantitative estimate of drug-likeness (QED) is 0.705. The van der Waals surface area contributed by atoms with Gasteiger partial charge in [0.25, 0.3) is 0 Å². The topological polar surface area (TPSA) is 67.3 Å². The van der Waals surface area contributed by atoms with Gasteiger partial charge in [0.2, 0.25) is 5.88 Å². The molecule has 7 nitrogen and oxygen atoms in total. The van der Waals surface area contributed by atoms with Gasteiger partial charge in [-0.25, -0.2) is 19.9 Å². The van der Waals surface area contributed by atoms with Crippen LogP contribution in [0.4, 0.5) is 11.5 Å². The van der Waals surface area contributed by atoms with Gasteiger partial charge in [0, 0.05) is 38.1 Å². The lowest BCUT2D eigenvalue weighted by Crippen LogP contribution is -2.46. The number of fused-ring (bicyclic) bond motifs is 1. The van der Waals surface area contributed by atoms with E-state index in [1.54, 1.807) is 6.33 Å². The van der Waals surface area contributed by atoms with Crippen molar-refractivity contribution in [2.75, 3.05) is 36.0 Å². The lowest BCUT2D eigenvalue weighted by Gasteiger charge is -2.36. The van der Waals surface area contributed by atoms with Crippen LogP contribution in [0.25, 0.3) is 10.9 Å². The molecule has 0 atom stereocenters. The molecule has 1 aliphatic heterocycles. The Morgan fingerprint density at radius 2 is 1.74 bits per heavy atom. The summed E-state index contributed by atoms with van der Waals surface area (Å²) in [6.45, 7) is 9.65. The molecule has 0 spiro atoms. The number of nitrogens with zero attached hydrogens (tertiary/aromatic N) is 6. The third-order valence-electron chi connectivity index (χ3n) is 4.66. The van der Waals surface area contributed by atoms with Crippen molar-refractivity contribution in [3.05, 3.63) is 42.6 Å². The summed E-state index contributed by atoms with van der Waals surface area (Å²) in [7, 11) is 0. The Bertz CT molecular complexity index is 937.